The number of ether oxygens (including phenoxy) is 1. The highest BCUT2D eigenvalue weighted by Gasteiger charge is 2.37. The summed E-state index contributed by atoms with van der Waals surface area (Å²) in [6, 6.07) is 0. The van der Waals surface area contributed by atoms with Gasteiger partial charge in [0, 0.05) is 37.6 Å². The number of hydrogen-bond acceptors (Lipinski definition) is 3. The van der Waals surface area contributed by atoms with Crippen LogP contribution in [0.2, 0.25) is 0 Å². The SMILES string of the molecule is CCC[C@@]1(CO)CCCN(C(=O)C2CCOCC2)C1. The van der Waals surface area contributed by atoms with Crippen molar-refractivity contribution in [1.29, 1.82) is 0 Å². The lowest BCUT2D eigenvalue weighted by molar-refractivity contribution is -0.143. The van der Waals surface area contributed by atoms with Crippen molar-refractivity contribution >= 4 is 5.91 Å². The second kappa shape index (κ2) is 6.71. The number of carbonyl (C=O) groups is 1. The first kappa shape index (κ1) is 14.8. The third-order valence-electron chi connectivity index (χ3n) is 4.66. The molecule has 0 aromatic heterocycles. The minimum atomic E-state index is -0.0478. The van der Waals surface area contributed by atoms with Crippen LogP contribution in [0.5, 0.6) is 0 Å². The summed E-state index contributed by atoms with van der Waals surface area (Å²) >= 11 is 0. The van der Waals surface area contributed by atoms with Gasteiger partial charge in [0.15, 0.2) is 0 Å². The minimum absolute atomic E-state index is 0.0478. The summed E-state index contributed by atoms with van der Waals surface area (Å²) in [7, 11) is 0. The molecule has 0 spiro atoms. The van der Waals surface area contributed by atoms with E-state index in [0.29, 0.717) is 13.2 Å². The molecule has 19 heavy (non-hydrogen) atoms. The molecule has 1 N–H and O–H groups in total. The Morgan fingerprint density at radius 1 is 1.42 bits per heavy atom. The van der Waals surface area contributed by atoms with E-state index in [1.807, 2.05) is 4.90 Å². The van der Waals surface area contributed by atoms with Gasteiger partial charge in [-0.05, 0) is 32.1 Å². The van der Waals surface area contributed by atoms with Gasteiger partial charge in [0.2, 0.25) is 5.91 Å². The average molecular weight is 269 g/mol. The molecular weight excluding hydrogens is 242 g/mol. The Hall–Kier alpha value is -0.610. The maximum Gasteiger partial charge on any atom is 0.225 e. The molecule has 0 saturated carbocycles. The summed E-state index contributed by atoms with van der Waals surface area (Å²) < 4.78 is 5.33. The highest BCUT2D eigenvalue weighted by atomic mass is 16.5. The van der Waals surface area contributed by atoms with Crippen molar-refractivity contribution in [2.75, 3.05) is 32.9 Å². The third-order valence-corrected chi connectivity index (χ3v) is 4.66. The Morgan fingerprint density at radius 3 is 2.79 bits per heavy atom. The lowest BCUT2D eigenvalue weighted by Crippen LogP contribution is -2.50. The molecule has 4 nitrogen and oxygen atoms in total. The Kier molecular flexibility index (Phi) is 5.22. The normalized spacial score (nSPS) is 29.5. The number of likely N-dealkylation sites (tertiary alicyclic amines) is 1. The predicted octanol–water partition coefficient (Wildman–Crippen LogP) is 1.81. The number of hydrogen-bond donors (Lipinski definition) is 1. The number of aliphatic hydroxyl groups excluding tert-OH is 1. The molecule has 2 fully saturated rings. The van der Waals surface area contributed by atoms with Crippen LogP contribution in [0.25, 0.3) is 0 Å². The lowest BCUT2D eigenvalue weighted by Gasteiger charge is -2.43. The summed E-state index contributed by atoms with van der Waals surface area (Å²) in [6.45, 7) is 5.39. The fraction of sp³-hybridized carbons (Fsp3) is 0.933. The van der Waals surface area contributed by atoms with Crippen LogP contribution >= 0.6 is 0 Å². The van der Waals surface area contributed by atoms with Crippen molar-refractivity contribution in [2.24, 2.45) is 11.3 Å². The molecule has 0 aromatic carbocycles. The van der Waals surface area contributed by atoms with Gasteiger partial charge in [0.05, 0.1) is 6.61 Å². The van der Waals surface area contributed by atoms with Crippen molar-refractivity contribution in [3.63, 3.8) is 0 Å². The third kappa shape index (κ3) is 3.48. The van der Waals surface area contributed by atoms with Crippen LogP contribution in [-0.2, 0) is 9.53 Å². The standard InChI is InChI=1S/C15H27NO3/c1-2-6-15(12-17)7-3-8-16(11-15)14(18)13-4-9-19-10-5-13/h13,17H,2-12H2,1H3/t15-/m1/s1. The van der Waals surface area contributed by atoms with Crippen LogP contribution in [0.15, 0.2) is 0 Å². The predicted molar refractivity (Wildman–Crippen MR) is 73.8 cm³/mol. The van der Waals surface area contributed by atoms with Crippen LogP contribution in [0.4, 0.5) is 0 Å². The Balaban J connectivity index is 1.97. The second-order valence-corrected chi connectivity index (χ2v) is 6.16. The molecule has 0 aliphatic carbocycles. The first-order valence-electron chi connectivity index (χ1n) is 7.68. The van der Waals surface area contributed by atoms with E-state index in [-0.39, 0.29) is 23.8 Å². The molecule has 0 aromatic rings. The molecule has 110 valence electrons. The Morgan fingerprint density at radius 2 is 2.16 bits per heavy atom. The maximum atomic E-state index is 12.5. The van der Waals surface area contributed by atoms with E-state index < -0.39 is 0 Å². The molecule has 1 amide bonds. The zero-order chi connectivity index (χ0) is 13.7. The molecule has 2 saturated heterocycles. The average Bonchev–Trinajstić information content (AvgIpc) is 2.48. The summed E-state index contributed by atoms with van der Waals surface area (Å²) in [5.41, 5.74) is -0.0478. The van der Waals surface area contributed by atoms with Gasteiger partial charge in [-0.3, -0.25) is 4.79 Å². The topological polar surface area (TPSA) is 49.8 Å². The van der Waals surface area contributed by atoms with Crippen LogP contribution in [0.3, 0.4) is 0 Å². The fourth-order valence-electron chi connectivity index (χ4n) is 3.54. The van der Waals surface area contributed by atoms with Crippen molar-refractivity contribution < 1.29 is 14.6 Å². The molecule has 4 heteroatoms. The maximum absolute atomic E-state index is 12.5. The van der Waals surface area contributed by atoms with E-state index in [1.165, 1.54) is 0 Å². The van der Waals surface area contributed by atoms with Gasteiger partial charge in [-0.25, -0.2) is 0 Å². The summed E-state index contributed by atoms with van der Waals surface area (Å²) in [5, 5.41) is 9.72. The van der Waals surface area contributed by atoms with Crippen LogP contribution < -0.4 is 0 Å². The number of rotatable bonds is 4. The zero-order valence-electron chi connectivity index (χ0n) is 12.1. The second-order valence-electron chi connectivity index (χ2n) is 6.16. The van der Waals surface area contributed by atoms with E-state index in [9.17, 15) is 9.90 Å². The van der Waals surface area contributed by atoms with E-state index in [4.69, 9.17) is 4.74 Å². The molecule has 2 aliphatic rings. The van der Waals surface area contributed by atoms with Gasteiger partial charge in [-0.15, -0.1) is 0 Å². The van der Waals surface area contributed by atoms with E-state index in [1.54, 1.807) is 0 Å². The Bertz CT molecular complexity index is 298. The zero-order valence-corrected chi connectivity index (χ0v) is 12.1. The van der Waals surface area contributed by atoms with E-state index >= 15 is 0 Å². The Labute approximate surface area is 116 Å². The molecule has 2 heterocycles. The van der Waals surface area contributed by atoms with Gasteiger partial charge >= 0.3 is 0 Å². The number of nitrogens with zero attached hydrogens (tertiary/aromatic N) is 1. The van der Waals surface area contributed by atoms with Gasteiger partial charge in [-0.2, -0.15) is 0 Å². The minimum Gasteiger partial charge on any atom is -0.396 e. The summed E-state index contributed by atoms with van der Waals surface area (Å²) in [6.07, 6.45) is 5.87. The van der Waals surface area contributed by atoms with Crippen molar-refractivity contribution in [3.8, 4) is 0 Å². The quantitative estimate of drug-likeness (QED) is 0.847. The van der Waals surface area contributed by atoms with Gasteiger partial charge < -0.3 is 14.7 Å². The summed E-state index contributed by atoms with van der Waals surface area (Å²) in [5.74, 6) is 0.432. The molecule has 0 radical (unpaired) electrons. The summed E-state index contributed by atoms with van der Waals surface area (Å²) in [4.78, 5) is 14.6. The number of amides is 1. The van der Waals surface area contributed by atoms with E-state index in [0.717, 1.165) is 51.6 Å². The van der Waals surface area contributed by atoms with Crippen LogP contribution in [0, 0.1) is 11.3 Å². The van der Waals surface area contributed by atoms with Crippen molar-refractivity contribution in [1.82, 2.24) is 4.90 Å². The van der Waals surface area contributed by atoms with Crippen molar-refractivity contribution in [3.05, 3.63) is 0 Å². The first-order valence-corrected chi connectivity index (χ1v) is 7.68. The molecule has 1 atom stereocenters. The van der Waals surface area contributed by atoms with Gasteiger partial charge in [-0.1, -0.05) is 13.3 Å². The highest BCUT2D eigenvalue weighted by molar-refractivity contribution is 5.79. The van der Waals surface area contributed by atoms with Gasteiger partial charge in [0.25, 0.3) is 0 Å². The largest absolute Gasteiger partial charge is 0.396 e. The smallest absolute Gasteiger partial charge is 0.225 e. The number of piperidine rings is 1. The highest BCUT2D eigenvalue weighted by Crippen LogP contribution is 2.35. The van der Waals surface area contributed by atoms with Crippen LogP contribution in [-0.4, -0.2) is 48.8 Å². The van der Waals surface area contributed by atoms with Crippen LogP contribution in [0.1, 0.15) is 45.4 Å². The fourth-order valence-corrected chi connectivity index (χ4v) is 3.54. The molecule has 2 aliphatic heterocycles. The van der Waals surface area contributed by atoms with Gasteiger partial charge in [0.1, 0.15) is 0 Å². The lowest BCUT2D eigenvalue weighted by atomic mass is 9.76. The molecular formula is C15H27NO3. The molecule has 0 unspecified atom stereocenters. The molecule has 2 rings (SSSR count). The number of aliphatic hydroxyl groups is 1. The first-order chi connectivity index (χ1) is 9.21. The molecule has 0 bridgehead atoms. The monoisotopic (exact) mass is 269 g/mol. The van der Waals surface area contributed by atoms with E-state index in [2.05, 4.69) is 6.92 Å². The number of carbonyl (C=O) groups excluding carboxylic acids is 1. The van der Waals surface area contributed by atoms with Crippen molar-refractivity contribution in [2.45, 2.75) is 45.4 Å².